The Morgan fingerprint density at radius 2 is 0.981 bits per heavy atom. The van der Waals surface area contributed by atoms with Crippen molar-refractivity contribution in [2.24, 2.45) is 0 Å². The number of hydrogen-bond donors (Lipinski definition) is 0. The number of fused-ring (bicyclic) bond motifs is 4. The van der Waals surface area contributed by atoms with Gasteiger partial charge in [0.05, 0.1) is 5.52 Å². The number of rotatable bonds is 7. The molecule has 0 unspecified atom stereocenters. The first-order chi connectivity index (χ1) is 25.7. The Labute approximate surface area is 302 Å². The molecular formula is C48H32N4. The summed E-state index contributed by atoms with van der Waals surface area (Å²) in [4.78, 5) is 19.9. The molecule has 0 amide bonds. The second kappa shape index (κ2) is 13.0. The minimum absolute atomic E-state index is 0.598. The SMILES string of the molecule is C=Cc1c(C=C)c2cccc(-c3cc(-c4ccc5cccnc5c4)cc(-c4nc(-c5ccccc5)nc(-c5ccccc5)n4)c3)c2c2ccccc12. The molecule has 52 heavy (non-hydrogen) atoms. The van der Waals surface area contributed by atoms with Gasteiger partial charge >= 0.3 is 0 Å². The van der Waals surface area contributed by atoms with Gasteiger partial charge in [-0.25, -0.2) is 15.0 Å². The second-order valence-electron chi connectivity index (χ2n) is 12.8. The van der Waals surface area contributed by atoms with Crippen LogP contribution in [0.15, 0.2) is 171 Å². The first-order valence-corrected chi connectivity index (χ1v) is 17.3. The number of pyridine rings is 1. The first kappa shape index (κ1) is 31.0. The Hall–Kier alpha value is -7.04. The van der Waals surface area contributed by atoms with Crippen molar-refractivity contribution in [3.8, 4) is 56.4 Å². The van der Waals surface area contributed by atoms with Crippen LogP contribution in [0.3, 0.4) is 0 Å². The molecule has 0 aliphatic carbocycles. The average Bonchev–Trinajstić information content (AvgIpc) is 3.23. The van der Waals surface area contributed by atoms with Gasteiger partial charge < -0.3 is 0 Å². The lowest BCUT2D eigenvalue weighted by atomic mass is 9.86. The molecular weight excluding hydrogens is 633 g/mol. The van der Waals surface area contributed by atoms with Crippen molar-refractivity contribution in [1.29, 1.82) is 0 Å². The van der Waals surface area contributed by atoms with Gasteiger partial charge in [0, 0.05) is 28.3 Å². The molecule has 0 saturated heterocycles. The lowest BCUT2D eigenvalue weighted by Gasteiger charge is -2.18. The zero-order chi connectivity index (χ0) is 35.0. The predicted octanol–water partition coefficient (Wildman–Crippen LogP) is 12.3. The van der Waals surface area contributed by atoms with E-state index in [-0.39, 0.29) is 0 Å². The molecule has 2 heterocycles. The van der Waals surface area contributed by atoms with Gasteiger partial charge in [0.2, 0.25) is 0 Å². The molecule has 0 aliphatic rings. The fourth-order valence-electron chi connectivity index (χ4n) is 7.24. The van der Waals surface area contributed by atoms with Crippen molar-refractivity contribution in [3.05, 3.63) is 182 Å². The third-order valence-corrected chi connectivity index (χ3v) is 9.68. The van der Waals surface area contributed by atoms with E-state index in [2.05, 4.69) is 103 Å². The van der Waals surface area contributed by atoms with E-state index in [1.165, 1.54) is 0 Å². The van der Waals surface area contributed by atoms with Gasteiger partial charge in [-0.3, -0.25) is 4.98 Å². The lowest BCUT2D eigenvalue weighted by Crippen LogP contribution is -2.00. The highest BCUT2D eigenvalue weighted by Gasteiger charge is 2.18. The Kier molecular flexibility index (Phi) is 7.75. The summed E-state index contributed by atoms with van der Waals surface area (Å²) in [5, 5.41) is 5.68. The van der Waals surface area contributed by atoms with Crippen LogP contribution in [0, 0.1) is 0 Å². The van der Waals surface area contributed by atoms with Crippen molar-refractivity contribution >= 4 is 44.6 Å². The molecule has 0 spiro atoms. The topological polar surface area (TPSA) is 51.6 Å². The summed E-state index contributed by atoms with van der Waals surface area (Å²) < 4.78 is 0. The lowest BCUT2D eigenvalue weighted by molar-refractivity contribution is 1.07. The highest BCUT2D eigenvalue weighted by Crippen LogP contribution is 2.42. The molecule has 9 aromatic rings. The first-order valence-electron chi connectivity index (χ1n) is 17.3. The van der Waals surface area contributed by atoms with Crippen LogP contribution in [-0.4, -0.2) is 19.9 Å². The van der Waals surface area contributed by atoms with E-state index in [1.807, 2.05) is 85.1 Å². The van der Waals surface area contributed by atoms with Crippen molar-refractivity contribution in [2.45, 2.75) is 0 Å². The summed E-state index contributed by atoms with van der Waals surface area (Å²) in [7, 11) is 0. The third kappa shape index (κ3) is 5.44. The molecule has 0 atom stereocenters. The van der Waals surface area contributed by atoms with Crippen LogP contribution >= 0.6 is 0 Å². The molecule has 4 nitrogen and oxygen atoms in total. The fraction of sp³-hybridized carbons (Fsp3) is 0. The van der Waals surface area contributed by atoms with Gasteiger partial charge in [-0.1, -0.05) is 147 Å². The van der Waals surface area contributed by atoms with Gasteiger partial charge in [-0.2, -0.15) is 0 Å². The van der Waals surface area contributed by atoms with Gasteiger partial charge in [-0.15, -0.1) is 0 Å². The van der Waals surface area contributed by atoms with Crippen LogP contribution in [-0.2, 0) is 0 Å². The maximum atomic E-state index is 5.12. The van der Waals surface area contributed by atoms with Crippen molar-refractivity contribution in [1.82, 2.24) is 19.9 Å². The fourth-order valence-corrected chi connectivity index (χ4v) is 7.24. The third-order valence-electron chi connectivity index (χ3n) is 9.68. The van der Waals surface area contributed by atoms with E-state index in [9.17, 15) is 0 Å². The molecule has 4 heteroatoms. The summed E-state index contributed by atoms with van der Waals surface area (Å²) in [5.41, 5.74) is 10.1. The quantitative estimate of drug-likeness (QED) is 0.159. The highest BCUT2D eigenvalue weighted by atomic mass is 15.0. The summed E-state index contributed by atoms with van der Waals surface area (Å²) >= 11 is 0. The molecule has 2 aromatic heterocycles. The second-order valence-corrected chi connectivity index (χ2v) is 12.8. The van der Waals surface area contributed by atoms with Crippen LogP contribution in [0.25, 0.3) is 101 Å². The van der Waals surface area contributed by atoms with Gasteiger partial charge in [0.25, 0.3) is 0 Å². The average molecular weight is 665 g/mol. The van der Waals surface area contributed by atoms with Crippen LogP contribution in [0.2, 0.25) is 0 Å². The van der Waals surface area contributed by atoms with E-state index < -0.39 is 0 Å². The number of benzene rings is 7. The van der Waals surface area contributed by atoms with Gasteiger partial charge in [0.15, 0.2) is 17.5 Å². The van der Waals surface area contributed by atoms with Crippen LogP contribution in [0.1, 0.15) is 11.1 Å². The van der Waals surface area contributed by atoms with Crippen LogP contribution in [0.5, 0.6) is 0 Å². The van der Waals surface area contributed by atoms with Gasteiger partial charge in [-0.05, 0) is 85.3 Å². The Morgan fingerprint density at radius 1 is 0.404 bits per heavy atom. The Bertz CT molecular complexity index is 2770. The zero-order valence-corrected chi connectivity index (χ0v) is 28.4. The van der Waals surface area contributed by atoms with E-state index in [0.29, 0.717) is 17.5 Å². The molecule has 7 aromatic carbocycles. The molecule has 0 bridgehead atoms. The maximum Gasteiger partial charge on any atom is 0.164 e. The number of aromatic nitrogens is 4. The van der Waals surface area contributed by atoms with E-state index >= 15 is 0 Å². The summed E-state index contributed by atoms with van der Waals surface area (Å²) in [5.74, 6) is 1.84. The minimum atomic E-state index is 0.598. The van der Waals surface area contributed by atoms with E-state index in [1.54, 1.807) is 0 Å². The standard InChI is InChI=1S/C48H32N4/c1-3-38-39(4-2)42-23-13-22-40(45(42)43-21-12-11-20-41(38)43)36-27-35(34-25-24-31-19-14-26-49-44(31)30-34)28-37(29-36)48-51-46(32-15-7-5-8-16-32)50-47(52-48)33-17-9-6-10-18-33/h3-30H,1-2H2. The summed E-state index contributed by atoms with van der Waals surface area (Å²) in [6, 6.07) is 52.4. The molecule has 0 saturated carbocycles. The molecule has 244 valence electrons. The van der Waals surface area contributed by atoms with Crippen LogP contribution in [0.4, 0.5) is 0 Å². The van der Waals surface area contributed by atoms with Crippen LogP contribution < -0.4 is 0 Å². The highest BCUT2D eigenvalue weighted by molar-refractivity contribution is 6.19. The normalized spacial score (nSPS) is 11.2. The summed E-state index contributed by atoms with van der Waals surface area (Å²) in [6.07, 6.45) is 5.72. The minimum Gasteiger partial charge on any atom is -0.256 e. The van der Waals surface area contributed by atoms with Crippen molar-refractivity contribution in [3.63, 3.8) is 0 Å². The Balaban J connectivity index is 1.35. The zero-order valence-electron chi connectivity index (χ0n) is 28.4. The molecule has 0 radical (unpaired) electrons. The number of hydrogen-bond acceptors (Lipinski definition) is 4. The smallest absolute Gasteiger partial charge is 0.164 e. The molecule has 0 fully saturated rings. The monoisotopic (exact) mass is 664 g/mol. The molecule has 0 aliphatic heterocycles. The summed E-state index contributed by atoms with van der Waals surface area (Å²) in [6.45, 7) is 8.40. The van der Waals surface area contributed by atoms with Gasteiger partial charge in [0.1, 0.15) is 0 Å². The molecule has 9 rings (SSSR count). The van der Waals surface area contributed by atoms with E-state index in [0.717, 1.165) is 82.5 Å². The van der Waals surface area contributed by atoms with Crippen molar-refractivity contribution < 1.29 is 0 Å². The largest absolute Gasteiger partial charge is 0.256 e. The Morgan fingerprint density at radius 3 is 1.67 bits per heavy atom. The predicted molar refractivity (Wildman–Crippen MR) is 218 cm³/mol. The van der Waals surface area contributed by atoms with Crippen molar-refractivity contribution in [2.75, 3.05) is 0 Å². The van der Waals surface area contributed by atoms with E-state index in [4.69, 9.17) is 15.0 Å². The maximum absolute atomic E-state index is 5.12. The molecule has 0 N–H and O–H groups in total. The number of nitrogens with zero attached hydrogens (tertiary/aromatic N) is 4.